The minimum atomic E-state index is -0.177. The Morgan fingerprint density at radius 1 is 1.44 bits per heavy atom. The van der Waals surface area contributed by atoms with Gasteiger partial charge in [-0.25, -0.2) is 9.50 Å². The maximum Gasteiger partial charge on any atom is 0.276 e. The zero-order valence-corrected chi connectivity index (χ0v) is 14.4. The summed E-state index contributed by atoms with van der Waals surface area (Å²) in [6, 6.07) is 3.97. The van der Waals surface area contributed by atoms with Gasteiger partial charge in [-0.05, 0) is 24.3 Å². The number of hydrogen-bond acceptors (Lipinski definition) is 4. The number of aryl methyl sites for hydroxylation is 1. The van der Waals surface area contributed by atoms with Crippen LogP contribution in [0.4, 0.5) is 0 Å². The number of aromatic amines is 1. The van der Waals surface area contributed by atoms with Crippen molar-refractivity contribution in [2.75, 3.05) is 0 Å². The second kappa shape index (κ2) is 5.88. The van der Waals surface area contributed by atoms with E-state index in [4.69, 9.17) is 0 Å². The molecule has 1 aliphatic carbocycles. The molecule has 0 aliphatic heterocycles. The lowest BCUT2D eigenvalue weighted by atomic mass is 10.0. The molecule has 1 N–H and O–H groups in total. The van der Waals surface area contributed by atoms with Crippen LogP contribution >= 0.6 is 0 Å². The summed E-state index contributed by atoms with van der Waals surface area (Å²) in [5, 5.41) is 16.7. The fourth-order valence-electron chi connectivity index (χ4n) is 3.16. The van der Waals surface area contributed by atoms with E-state index < -0.39 is 0 Å². The number of aromatic nitrogens is 5. The molecule has 128 valence electrons. The van der Waals surface area contributed by atoms with Crippen LogP contribution in [0.5, 0.6) is 0 Å². The van der Waals surface area contributed by atoms with Crippen LogP contribution in [0, 0.1) is 17.2 Å². The van der Waals surface area contributed by atoms with Crippen LogP contribution in [0.3, 0.4) is 0 Å². The van der Waals surface area contributed by atoms with Gasteiger partial charge in [0.1, 0.15) is 23.0 Å². The van der Waals surface area contributed by atoms with E-state index in [2.05, 4.69) is 21.3 Å². The molecular weight excluding hydrogens is 316 g/mol. The standard InChI is InChI=1S/C18H20N6O/c1-11(2)15-16(14-6-8-23(22-14)7-5-12-3-4-12)21-17-13(9-19)10-20-24(17)18(15)25/h6,8,10-12,20H,3-5,7H2,1-2H3. The summed E-state index contributed by atoms with van der Waals surface area (Å²) in [7, 11) is 0. The number of fused-ring (bicyclic) bond motifs is 1. The Kier molecular flexibility index (Phi) is 3.68. The zero-order chi connectivity index (χ0) is 17.6. The molecule has 0 unspecified atom stereocenters. The van der Waals surface area contributed by atoms with Gasteiger partial charge in [-0.2, -0.15) is 10.4 Å². The normalized spacial score (nSPS) is 14.3. The van der Waals surface area contributed by atoms with E-state index in [-0.39, 0.29) is 11.5 Å². The highest BCUT2D eigenvalue weighted by atomic mass is 16.1. The van der Waals surface area contributed by atoms with E-state index in [0.29, 0.717) is 28.2 Å². The number of H-pyrrole nitrogens is 1. The maximum atomic E-state index is 12.9. The Balaban J connectivity index is 1.83. The molecule has 7 heteroatoms. The monoisotopic (exact) mass is 336 g/mol. The number of nitrogens with one attached hydrogen (secondary N) is 1. The van der Waals surface area contributed by atoms with Gasteiger partial charge in [0.05, 0.1) is 0 Å². The van der Waals surface area contributed by atoms with Crippen molar-refractivity contribution in [1.29, 1.82) is 5.26 Å². The topological polar surface area (TPSA) is 91.8 Å². The van der Waals surface area contributed by atoms with Crippen LogP contribution < -0.4 is 5.56 Å². The Morgan fingerprint density at radius 3 is 2.92 bits per heavy atom. The second-order valence-electron chi connectivity index (χ2n) is 6.99. The summed E-state index contributed by atoms with van der Waals surface area (Å²) < 4.78 is 3.26. The minimum Gasteiger partial charge on any atom is -0.295 e. The molecule has 1 aliphatic rings. The van der Waals surface area contributed by atoms with Gasteiger partial charge in [0.2, 0.25) is 0 Å². The third kappa shape index (κ3) is 2.74. The van der Waals surface area contributed by atoms with Crippen LogP contribution in [0.15, 0.2) is 23.3 Å². The van der Waals surface area contributed by atoms with Crippen LogP contribution in [0.2, 0.25) is 0 Å². The van der Waals surface area contributed by atoms with Gasteiger partial charge in [-0.1, -0.05) is 26.7 Å². The van der Waals surface area contributed by atoms with Gasteiger partial charge in [0, 0.05) is 24.5 Å². The lowest BCUT2D eigenvalue weighted by molar-refractivity contribution is 0.547. The largest absolute Gasteiger partial charge is 0.295 e. The summed E-state index contributed by atoms with van der Waals surface area (Å²) in [4.78, 5) is 17.5. The molecule has 0 bridgehead atoms. The molecule has 0 amide bonds. The van der Waals surface area contributed by atoms with Crippen LogP contribution in [0.1, 0.15) is 50.2 Å². The number of rotatable bonds is 5. The van der Waals surface area contributed by atoms with Crippen LogP contribution in [-0.2, 0) is 6.54 Å². The summed E-state index contributed by atoms with van der Waals surface area (Å²) in [6.07, 6.45) is 7.24. The molecule has 4 rings (SSSR count). The summed E-state index contributed by atoms with van der Waals surface area (Å²) in [5.74, 6) is 0.841. The second-order valence-corrected chi connectivity index (χ2v) is 6.99. The predicted octanol–water partition coefficient (Wildman–Crippen LogP) is 2.68. The first kappa shape index (κ1) is 15.6. The van der Waals surface area contributed by atoms with Crippen molar-refractivity contribution in [3.8, 4) is 17.5 Å². The molecule has 0 spiro atoms. The number of hydrogen-bond donors (Lipinski definition) is 1. The molecule has 7 nitrogen and oxygen atoms in total. The SMILES string of the molecule is CC(C)c1c(-c2ccn(CCC3CC3)n2)nc2c(C#N)c[nH]n2c1=O. The summed E-state index contributed by atoms with van der Waals surface area (Å²) >= 11 is 0. The highest BCUT2D eigenvalue weighted by Crippen LogP contribution is 2.33. The average molecular weight is 336 g/mol. The maximum absolute atomic E-state index is 12.9. The highest BCUT2D eigenvalue weighted by Gasteiger charge is 2.23. The molecule has 0 atom stereocenters. The Bertz CT molecular complexity index is 1030. The van der Waals surface area contributed by atoms with Gasteiger partial charge < -0.3 is 0 Å². The molecule has 25 heavy (non-hydrogen) atoms. The minimum absolute atomic E-state index is 0.00245. The quantitative estimate of drug-likeness (QED) is 0.775. The van der Waals surface area contributed by atoms with Crippen molar-refractivity contribution in [1.82, 2.24) is 24.4 Å². The van der Waals surface area contributed by atoms with E-state index in [1.165, 1.54) is 23.6 Å². The molecule has 0 aromatic carbocycles. The molecule has 3 aromatic heterocycles. The zero-order valence-electron chi connectivity index (χ0n) is 14.4. The molecule has 1 fully saturated rings. The van der Waals surface area contributed by atoms with Crippen molar-refractivity contribution < 1.29 is 0 Å². The Hall–Kier alpha value is -2.88. The van der Waals surface area contributed by atoms with E-state index in [1.807, 2.05) is 30.8 Å². The van der Waals surface area contributed by atoms with E-state index in [9.17, 15) is 10.1 Å². The average Bonchev–Trinajstić information content (AvgIpc) is 3.14. The number of nitriles is 1. The van der Waals surface area contributed by atoms with Crippen molar-refractivity contribution in [3.05, 3.63) is 39.9 Å². The van der Waals surface area contributed by atoms with Gasteiger partial charge in [-0.15, -0.1) is 0 Å². The Morgan fingerprint density at radius 2 is 2.24 bits per heavy atom. The first-order chi connectivity index (χ1) is 12.1. The lowest BCUT2D eigenvalue weighted by Gasteiger charge is -2.10. The molecule has 1 saturated carbocycles. The van der Waals surface area contributed by atoms with Gasteiger partial charge in [0.25, 0.3) is 5.56 Å². The van der Waals surface area contributed by atoms with E-state index in [1.54, 1.807) is 0 Å². The predicted molar refractivity (Wildman–Crippen MR) is 93.2 cm³/mol. The molecule has 3 heterocycles. The van der Waals surface area contributed by atoms with Gasteiger partial charge >= 0.3 is 0 Å². The fourth-order valence-corrected chi connectivity index (χ4v) is 3.16. The molecule has 0 saturated heterocycles. The van der Waals surface area contributed by atoms with E-state index >= 15 is 0 Å². The third-order valence-electron chi connectivity index (χ3n) is 4.74. The first-order valence-electron chi connectivity index (χ1n) is 8.66. The summed E-state index contributed by atoms with van der Waals surface area (Å²) in [5.41, 5.74) is 2.38. The van der Waals surface area contributed by atoms with Gasteiger partial charge in [-0.3, -0.25) is 14.6 Å². The van der Waals surface area contributed by atoms with Crippen LogP contribution in [-0.4, -0.2) is 24.4 Å². The summed E-state index contributed by atoms with van der Waals surface area (Å²) in [6.45, 7) is 4.82. The van der Waals surface area contributed by atoms with Crippen molar-refractivity contribution in [2.24, 2.45) is 5.92 Å². The smallest absolute Gasteiger partial charge is 0.276 e. The Labute approximate surface area is 144 Å². The third-order valence-corrected chi connectivity index (χ3v) is 4.74. The molecular formula is C18H20N6O. The lowest BCUT2D eigenvalue weighted by Crippen LogP contribution is -2.22. The van der Waals surface area contributed by atoms with Crippen molar-refractivity contribution >= 4 is 5.65 Å². The molecule has 0 radical (unpaired) electrons. The van der Waals surface area contributed by atoms with Gasteiger partial charge in [0.15, 0.2) is 5.65 Å². The van der Waals surface area contributed by atoms with Crippen molar-refractivity contribution in [2.45, 2.75) is 45.6 Å². The fraction of sp³-hybridized carbons (Fsp3) is 0.444. The first-order valence-corrected chi connectivity index (χ1v) is 8.66. The van der Waals surface area contributed by atoms with Crippen LogP contribution in [0.25, 0.3) is 17.0 Å². The highest BCUT2D eigenvalue weighted by molar-refractivity contribution is 5.65. The number of nitrogens with zero attached hydrogens (tertiary/aromatic N) is 5. The molecule has 3 aromatic rings. The van der Waals surface area contributed by atoms with Crippen molar-refractivity contribution in [3.63, 3.8) is 0 Å². The van der Waals surface area contributed by atoms with E-state index in [0.717, 1.165) is 18.9 Å².